The van der Waals surface area contributed by atoms with E-state index in [9.17, 15) is 4.79 Å². The zero-order valence-electron chi connectivity index (χ0n) is 18.2. The van der Waals surface area contributed by atoms with E-state index in [1.165, 1.54) is 11.1 Å². The van der Waals surface area contributed by atoms with Gasteiger partial charge in [0.2, 0.25) is 0 Å². The Morgan fingerprint density at radius 2 is 1.87 bits per heavy atom. The first-order chi connectivity index (χ1) is 14.5. The highest BCUT2D eigenvalue weighted by atomic mass is 32.1. The number of aromatic nitrogens is 1. The molecule has 0 saturated carbocycles. The Morgan fingerprint density at radius 1 is 1.10 bits per heavy atom. The fourth-order valence-electron chi connectivity index (χ4n) is 3.36. The van der Waals surface area contributed by atoms with Crippen LogP contribution in [0.15, 0.2) is 41.4 Å². The van der Waals surface area contributed by atoms with E-state index in [2.05, 4.69) is 42.5 Å². The summed E-state index contributed by atoms with van der Waals surface area (Å²) in [5.74, 6) is 0.529. The van der Waals surface area contributed by atoms with Gasteiger partial charge in [-0.25, -0.2) is 0 Å². The van der Waals surface area contributed by atoms with Gasteiger partial charge < -0.3 is 14.0 Å². The molecule has 0 bridgehead atoms. The summed E-state index contributed by atoms with van der Waals surface area (Å²) >= 11 is 1.55. The Kier molecular flexibility index (Phi) is 7.82. The van der Waals surface area contributed by atoms with Crippen molar-refractivity contribution in [2.45, 2.75) is 47.1 Å². The lowest BCUT2D eigenvalue weighted by Crippen LogP contribution is -2.20. The Morgan fingerprint density at radius 3 is 2.57 bits per heavy atom. The Balaban J connectivity index is 1.93. The third-order valence-corrected chi connectivity index (χ3v) is 5.87. The van der Waals surface area contributed by atoms with Crippen LogP contribution >= 0.6 is 11.3 Å². The van der Waals surface area contributed by atoms with Gasteiger partial charge in [0.25, 0.3) is 5.91 Å². The molecule has 1 amide bonds. The minimum Gasteiger partial charge on any atom is -0.494 e. The number of carbonyl (C=O) groups excluding carboxylic acids is 1. The molecule has 30 heavy (non-hydrogen) atoms. The molecule has 3 rings (SSSR count). The van der Waals surface area contributed by atoms with Gasteiger partial charge >= 0.3 is 0 Å². The minimum atomic E-state index is -0.249. The SMILES string of the molecule is CCCCOc1ccc(C(=O)N=c2sc3cc(C)cc(C)c3n2CCOCC)cc1. The monoisotopic (exact) mass is 426 g/mol. The molecule has 5 nitrogen and oxygen atoms in total. The van der Waals surface area contributed by atoms with E-state index in [-0.39, 0.29) is 5.91 Å². The zero-order valence-corrected chi connectivity index (χ0v) is 19.1. The second kappa shape index (κ2) is 10.5. The summed E-state index contributed by atoms with van der Waals surface area (Å²) < 4.78 is 14.5. The highest BCUT2D eigenvalue weighted by molar-refractivity contribution is 7.16. The van der Waals surface area contributed by atoms with Crippen molar-refractivity contribution in [2.75, 3.05) is 19.8 Å². The lowest BCUT2D eigenvalue weighted by molar-refractivity contribution is 0.0996. The molecule has 0 unspecified atom stereocenters. The third-order valence-electron chi connectivity index (χ3n) is 4.84. The molecule has 160 valence electrons. The lowest BCUT2D eigenvalue weighted by Gasteiger charge is -2.08. The smallest absolute Gasteiger partial charge is 0.279 e. The predicted molar refractivity (Wildman–Crippen MR) is 123 cm³/mol. The number of benzene rings is 2. The molecule has 2 aromatic carbocycles. The Hall–Kier alpha value is -2.44. The maximum atomic E-state index is 12.9. The van der Waals surface area contributed by atoms with Crippen LogP contribution in [0.4, 0.5) is 0 Å². The average molecular weight is 427 g/mol. The maximum Gasteiger partial charge on any atom is 0.279 e. The Labute approximate surface area is 182 Å². The molecule has 0 spiro atoms. The van der Waals surface area contributed by atoms with Crippen molar-refractivity contribution in [3.63, 3.8) is 0 Å². The second-order valence-electron chi connectivity index (χ2n) is 7.31. The van der Waals surface area contributed by atoms with Crippen LogP contribution in [0.3, 0.4) is 0 Å². The molecule has 3 aromatic rings. The number of ether oxygens (including phenoxy) is 2. The van der Waals surface area contributed by atoms with Gasteiger partial charge in [-0.2, -0.15) is 4.99 Å². The normalized spacial score (nSPS) is 11.9. The molecule has 0 aliphatic carbocycles. The fraction of sp³-hybridized carbons (Fsp3) is 0.417. The topological polar surface area (TPSA) is 52.8 Å². The Bertz CT molecular complexity index is 1060. The summed E-state index contributed by atoms with van der Waals surface area (Å²) in [4.78, 5) is 18.0. The van der Waals surface area contributed by atoms with Crippen molar-refractivity contribution < 1.29 is 14.3 Å². The number of aryl methyl sites for hydroxylation is 2. The van der Waals surface area contributed by atoms with Gasteiger partial charge in [0, 0.05) is 18.7 Å². The molecule has 6 heteroatoms. The summed E-state index contributed by atoms with van der Waals surface area (Å²) in [7, 11) is 0. The molecular formula is C24H30N2O3S. The first kappa shape index (κ1) is 22.2. The van der Waals surface area contributed by atoms with E-state index in [1.807, 2.05) is 19.1 Å². The number of carbonyl (C=O) groups is 1. The molecule has 0 radical (unpaired) electrons. The number of rotatable bonds is 9. The van der Waals surface area contributed by atoms with Gasteiger partial charge in [-0.1, -0.05) is 30.7 Å². The molecule has 0 atom stereocenters. The molecule has 0 saturated heterocycles. The highest BCUT2D eigenvalue weighted by Crippen LogP contribution is 2.23. The average Bonchev–Trinajstić information content (AvgIpc) is 3.06. The van der Waals surface area contributed by atoms with Crippen molar-refractivity contribution in [1.29, 1.82) is 0 Å². The number of nitrogens with zero attached hydrogens (tertiary/aromatic N) is 2. The van der Waals surface area contributed by atoms with Gasteiger partial charge in [-0.3, -0.25) is 4.79 Å². The second-order valence-corrected chi connectivity index (χ2v) is 8.31. The summed E-state index contributed by atoms with van der Waals surface area (Å²) in [6, 6.07) is 11.5. The van der Waals surface area contributed by atoms with Crippen LogP contribution in [-0.4, -0.2) is 30.3 Å². The van der Waals surface area contributed by atoms with E-state index in [0.717, 1.165) is 28.8 Å². The number of hydrogen-bond donors (Lipinski definition) is 0. The van der Waals surface area contributed by atoms with E-state index >= 15 is 0 Å². The number of hydrogen-bond acceptors (Lipinski definition) is 4. The van der Waals surface area contributed by atoms with Gasteiger partial charge in [-0.05, 0) is 68.7 Å². The van der Waals surface area contributed by atoms with Gasteiger partial charge in [0.1, 0.15) is 5.75 Å². The van der Waals surface area contributed by atoms with Crippen molar-refractivity contribution in [3.05, 3.63) is 57.9 Å². The van der Waals surface area contributed by atoms with E-state index in [0.29, 0.717) is 36.7 Å². The number of fused-ring (bicyclic) bond motifs is 1. The van der Waals surface area contributed by atoms with Crippen LogP contribution in [0.5, 0.6) is 5.75 Å². The van der Waals surface area contributed by atoms with Crippen molar-refractivity contribution >= 4 is 27.5 Å². The molecule has 0 N–H and O–H groups in total. The van der Waals surface area contributed by atoms with Crippen LogP contribution in [0.2, 0.25) is 0 Å². The highest BCUT2D eigenvalue weighted by Gasteiger charge is 2.12. The van der Waals surface area contributed by atoms with E-state index < -0.39 is 0 Å². The molecule has 0 fully saturated rings. The molecule has 0 aliphatic heterocycles. The largest absolute Gasteiger partial charge is 0.494 e. The summed E-state index contributed by atoms with van der Waals surface area (Å²) in [6.45, 7) is 10.9. The number of thiazole rings is 1. The van der Waals surface area contributed by atoms with Crippen molar-refractivity contribution in [2.24, 2.45) is 4.99 Å². The van der Waals surface area contributed by atoms with Crippen LogP contribution in [-0.2, 0) is 11.3 Å². The number of amides is 1. The zero-order chi connectivity index (χ0) is 21.5. The third kappa shape index (κ3) is 5.37. The van der Waals surface area contributed by atoms with Crippen LogP contribution in [0, 0.1) is 13.8 Å². The van der Waals surface area contributed by atoms with Crippen LogP contribution in [0.25, 0.3) is 10.2 Å². The molecule has 1 aromatic heterocycles. The van der Waals surface area contributed by atoms with Crippen LogP contribution in [0.1, 0.15) is 48.2 Å². The van der Waals surface area contributed by atoms with E-state index in [1.54, 1.807) is 23.5 Å². The van der Waals surface area contributed by atoms with Crippen molar-refractivity contribution in [1.82, 2.24) is 4.57 Å². The maximum absolute atomic E-state index is 12.9. The minimum absolute atomic E-state index is 0.249. The summed E-state index contributed by atoms with van der Waals surface area (Å²) in [5.41, 5.74) is 4.06. The first-order valence-electron chi connectivity index (χ1n) is 10.5. The molecule has 1 heterocycles. The van der Waals surface area contributed by atoms with Gasteiger partial charge in [0.05, 0.1) is 23.4 Å². The van der Waals surface area contributed by atoms with Crippen molar-refractivity contribution in [3.8, 4) is 5.75 Å². The fourth-order valence-corrected chi connectivity index (χ4v) is 4.59. The first-order valence-corrected chi connectivity index (χ1v) is 11.3. The van der Waals surface area contributed by atoms with Gasteiger partial charge in [0.15, 0.2) is 4.80 Å². The predicted octanol–water partition coefficient (Wildman–Crippen LogP) is 5.28. The van der Waals surface area contributed by atoms with Crippen LogP contribution < -0.4 is 9.54 Å². The van der Waals surface area contributed by atoms with E-state index in [4.69, 9.17) is 9.47 Å². The molecular weight excluding hydrogens is 396 g/mol. The van der Waals surface area contributed by atoms with Gasteiger partial charge in [-0.15, -0.1) is 0 Å². The summed E-state index contributed by atoms with van der Waals surface area (Å²) in [6.07, 6.45) is 2.11. The lowest BCUT2D eigenvalue weighted by atomic mass is 10.1. The standard InChI is InChI=1S/C24H30N2O3S/c1-5-7-13-29-20-10-8-19(9-11-20)23(27)25-24-26(12-14-28-6-2)22-18(4)15-17(3)16-21(22)30-24/h8-11,15-16H,5-7,12-14H2,1-4H3. The summed E-state index contributed by atoms with van der Waals surface area (Å²) in [5, 5.41) is 0. The molecule has 0 aliphatic rings. The number of unbranched alkanes of at least 4 members (excludes halogenated alkanes) is 1. The quantitative estimate of drug-likeness (QED) is 0.438.